The van der Waals surface area contributed by atoms with E-state index in [1.807, 2.05) is 24.3 Å². The van der Waals surface area contributed by atoms with Crippen LogP contribution >= 0.6 is 0 Å². The van der Waals surface area contributed by atoms with Crippen molar-refractivity contribution in [2.45, 2.75) is 0 Å². The molecule has 0 bridgehead atoms. The highest BCUT2D eigenvalue weighted by molar-refractivity contribution is 6.74. The summed E-state index contributed by atoms with van der Waals surface area (Å²) in [7, 11) is 2.42. The molecule has 0 N–H and O–H groups in total. The minimum Gasteiger partial charge on any atom is -0.496 e. The van der Waals surface area contributed by atoms with Crippen molar-refractivity contribution in [1.29, 1.82) is 0 Å². The van der Waals surface area contributed by atoms with Crippen LogP contribution in [0.3, 0.4) is 0 Å². The van der Waals surface area contributed by atoms with Crippen molar-refractivity contribution in [3.05, 3.63) is 36.4 Å². The molecule has 5 rings (SSSR count). The highest BCUT2D eigenvalue weighted by Gasteiger charge is 2.37. The third-order valence-electron chi connectivity index (χ3n) is 5.33. The second kappa shape index (κ2) is 7.29. The van der Waals surface area contributed by atoms with E-state index in [4.69, 9.17) is 28.1 Å². The van der Waals surface area contributed by atoms with E-state index < -0.39 is 14.2 Å². The van der Waals surface area contributed by atoms with E-state index in [1.54, 1.807) is 14.2 Å². The molecule has 2 aliphatic rings. The van der Waals surface area contributed by atoms with Gasteiger partial charge in [0.25, 0.3) is 0 Å². The third kappa shape index (κ3) is 2.68. The molecule has 0 aliphatic carbocycles. The van der Waals surface area contributed by atoms with Crippen LogP contribution in [-0.2, 0) is 18.6 Å². The van der Waals surface area contributed by atoms with E-state index >= 15 is 0 Å². The zero-order valence-electron chi connectivity index (χ0n) is 15.9. The number of rotatable bonds is 4. The normalized spacial score (nSPS) is 17.1. The van der Waals surface area contributed by atoms with E-state index in [0.717, 1.165) is 44.0 Å². The van der Waals surface area contributed by atoms with Crippen LogP contribution in [0.15, 0.2) is 36.4 Å². The molecule has 6 nitrogen and oxygen atoms in total. The number of methoxy groups -OCH3 is 2. The number of benzene rings is 3. The van der Waals surface area contributed by atoms with Crippen molar-refractivity contribution in [1.82, 2.24) is 0 Å². The maximum absolute atomic E-state index is 5.91. The van der Waals surface area contributed by atoms with Crippen LogP contribution in [0, 0.1) is 0 Å². The third-order valence-corrected chi connectivity index (χ3v) is 5.33. The van der Waals surface area contributed by atoms with Crippen molar-refractivity contribution < 1.29 is 28.1 Å². The standard InChI is InChI=1S/C20H20B2O6/c1-23-15-7-3-5-13-17(15)19(21-25-9-10-26-21)14-6-4-8-16(24-2)18(14)20(13)22-27-11-12-28-22/h3-8H,9-12H2,1-2H3. The molecule has 2 fully saturated rings. The molecule has 2 aliphatic heterocycles. The Bertz CT molecular complexity index is 945. The Kier molecular flexibility index (Phi) is 4.64. The Morgan fingerprint density at radius 1 is 0.643 bits per heavy atom. The van der Waals surface area contributed by atoms with Gasteiger partial charge in [0.15, 0.2) is 0 Å². The predicted molar refractivity (Wildman–Crippen MR) is 109 cm³/mol. The average molecular weight is 378 g/mol. The van der Waals surface area contributed by atoms with E-state index in [9.17, 15) is 0 Å². The lowest BCUT2D eigenvalue weighted by Crippen LogP contribution is -2.39. The van der Waals surface area contributed by atoms with Gasteiger partial charge in [-0.3, -0.25) is 0 Å². The lowest BCUT2D eigenvalue weighted by Gasteiger charge is -2.21. The molecule has 0 spiro atoms. The topological polar surface area (TPSA) is 55.4 Å². The van der Waals surface area contributed by atoms with Gasteiger partial charge in [-0.1, -0.05) is 24.3 Å². The Hall–Kier alpha value is -2.25. The van der Waals surface area contributed by atoms with E-state index in [1.165, 1.54) is 0 Å². The largest absolute Gasteiger partial charge is 0.496 e. The lowest BCUT2D eigenvalue weighted by molar-refractivity contribution is 0.365. The quantitative estimate of drug-likeness (QED) is 0.507. The Balaban J connectivity index is 1.97. The summed E-state index contributed by atoms with van der Waals surface area (Å²) in [6.07, 6.45) is 0. The molecule has 3 aromatic carbocycles. The van der Waals surface area contributed by atoms with Crippen LogP contribution in [0.4, 0.5) is 0 Å². The number of hydrogen-bond donors (Lipinski definition) is 0. The summed E-state index contributed by atoms with van der Waals surface area (Å²) in [6.45, 7) is 2.24. The molecule has 0 saturated carbocycles. The molecule has 2 heterocycles. The summed E-state index contributed by atoms with van der Waals surface area (Å²) in [5, 5.41) is 3.87. The molecular weight excluding hydrogens is 358 g/mol. The molecule has 0 atom stereocenters. The number of fused-ring (bicyclic) bond motifs is 2. The monoisotopic (exact) mass is 378 g/mol. The molecule has 0 unspecified atom stereocenters. The highest BCUT2D eigenvalue weighted by atomic mass is 16.6. The maximum Gasteiger partial charge on any atom is 0.495 e. The minimum atomic E-state index is -0.465. The number of ether oxygens (including phenoxy) is 2. The van der Waals surface area contributed by atoms with Crippen molar-refractivity contribution in [2.24, 2.45) is 0 Å². The summed E-state index contributed by atoms with van der Waals surface area (Å²) < 4.78 is 35.1. The van der Waals surface area contributed by atoms with Gasteiger partial charge in [0.2, 0.25) is 0 Å². The summed E-state index contributed by atoms with van der Waals surface area (Å²) in [6, 6.07) is 12.0. The predicted octanol–water partition coefficient (Wildman–Crippen LogP) is 1.49. The number of hydrogen-bond acceptors (Lipinski definition) is 6. The minimum absolute atomic E-state index is 0.465. The van der Waals surface area contributed by atoms with E-state index in [-0.39, 0.29) is 0 Å². The maximum atomic E-state index is 5.91. The SMILES string of the molecule is COc1cccc2c(B3OCCO3)c3c(OC)cccc3c(B3OCCO3)c12. The summed E-state index contributed by atoms with van der Waals surface area (Å²) in [5.74, 6) is 1.52. The van der Waals surface area contributed by atoms with Gasteiger partial charge in [-0.05, 0) is 22.9 Å². The molecule has 0 aromatic heterocycles. The summed E-state index contributed by atoms with van der Waals surface area (Å²) >= 11 is 0. The van der Waals surface area contributed by atoms with E-state index in [2.05, 4.69) is 12.1 Å². The van der Waals surface area contributed by atoms with Crippen LogP contribution in [-0.4, -0.2) is 54.9 Å². The molecular formula is C20H20B2O6. The van der Waals surface area contributed by atoms with Crippen LogP contribution in [0.2, 0.25) is 0 Å². The Morgan fingerprint density at radius 3 is 1.39 bits per heavy atom. The highest BCUT2D eigenvalue weighted by Crippen LogP contribution is 2.33. The lowest BCUT2D eigenvalue weighted by atomic mass is 9.66. The van der Waals surface area contributed by atoms with Gasteiger partial charge in [-0.15, -0.1) is 0 Å². The first-order valence-corrected chi connectivity index (χ1v) is 9.39. The average Bonchev–Trinajstić information content (AvgIpc) is 3.45. The molecule has 0 amide bonds. The summed E-state index contributed by atoms with van der Waals surface area (Å²) in [5.41, 5.74) is 1.89. The molecule has 28 heavy (non-hydrogen) atoms. The van der Waals surface area contributed by atoms with Gasteiger partial charge >= 0.3 is 14.2 Å². The second-order valence-electron chi connectivity index (χ2n) is 6.74. The second-order valence-corrected chi connectivity index (χ2v) is 6.74. The van der Waals surface area contributed by atoms with Crippen LogP contribution < -0.4 is 20.4 Å². The van der Waals surface area contributed by atoms with Gasteiger partial charge in [0, 0.05) is 21.7 Å². The van der Waals surface area contributed by atoms with Crippen molar-refractivity contribution in [3.63, 3.8) is 0 Å². The smallest absolute Gasteiger partial charge is 0.495 e. The first-order chi connectivity index (χ1) is 13.8. The first kappa shape index (κ1) is 17.8. The fourth-order valence-electron chi connectivity index (χ4n) is 4.22. The Morgan fingerprint density at radius 2 is 1.04 bits per heavy atom. The van der Waals surface area contributed by atoms with Crippen molar-refractivity contribution in [3.8, 4) is 11.5 Å². The van der Waals surface area contributed by atoms with Gasteiger partial charge < -0.3 is 28.1 Å². The zero-order valence-corrected chi connectivity index (χ0v) is 15.9. The van der Waals surface area contributed by atoms with Gasteiger partial charge in [-0.2, -0.15) is 0 Å². The molecule has 142 valence electrons. The molecule has 8 heteroatoms. The van der Waals surface area contributed by atoms with E-state index in [0.29, 0.717) is 26.4 Å². The van der Waals surface area contributed by atoms with Crippen LogP contribution in [0.5, 0.6) is 11.5 Å². The van der Waals surface area contributed by atoms with Crippen LogP contribution in [0.1, 0.15) is 0 Å². The molecule has 2 saturated heterocycles. The van der Waals surface area contributed by atoms with Gasteiger partial charge in [0.1, 0.15) is 11.5 Å². The van der Waals surface area contributed by atoms with Crippen LogP contribution in [0.25, 0.3) is 21.5 Å². The van der Waals surface area contributed by atoms with Gasteiger partial charge in [-0.25, -0.2) is 0 Å². The molecule has 0 radical (unpaired) electrons. The van der Waals surface area contributed by atoms with Crippen molar-refractivity contribution in [2.75, 3.05) is 40.6 Å². The zero-order chi connectivity index (χ0) is 19.1. The fourth-order valence-corrected chi connectivity index (χ4v) is 4.22. The van der Waals surface area contributed by atoms with Crippen molar-refractivity contribution >= 4 is 46.7 Å². The fraction of sp³-hybridized carbons (Fsp3) is 0.300. The Labute approximate surface area is 163 Å². The summed E-state index contributed by atoms with van der Waals surface area (Å²) in [4.78, 5) is 0. The first-order valence-electron chi connectivity index (χ1n) is 9.39. The van der Waals surface area contributed by atoms with Gasteiger partial charge in [0.05, 0.1) is 40.6 Å². The molecule has 3 aromatic rings.